The molecule has 1 fully saturated rings. The van der Waals surface area contributed by atoms with Crippen LogP contribution in [0.2, 0.25) is 10.0 Å². The second-order valence-corrected chi connectivity index (χ2v) is 8.38. The highest BCUT2D eigenvalue weighted by molar-refractivity contribution is 9.10. The first-order valence-corrected chi connectivity index (χ1v) is 9.84. The molecule has 0 saturated carbocycles. The van der Waals surface area contributed by atoms with Crippen LogP contribution in [0, 0.1) is 0 Å². The largest absolute Gasteiger partial charge is 0.377 e. The number of hydrogen-bond donors (Lipinski definition) is 0. The number of nitrogens with zero attached hydrogens (tertiary/aromatic N) is 2. The molecule has 0 radical (unpaired) electrons. The van der Waals surface area contributed by atoms with Crippen LogP contribution < -0.4 is 9.80 Å². The Kier molecular flexibility index (Phi) is 5.67. The van der Waals surface area contributed by atoms with Gasteiger partial charge in [-0.3, -0.25) is 9.59 Å². The molecule has 134 valence electrons. The second-order valence-electron chi connectivity index (χ2n) is 5.72. The van der Waals surface area contributed by atoms with Crippen LogP contribution in [0.25, 0.3) is 6.08 Å². The predicted molar refractivity (Wildman–Crippen MR) is 113 cm³/mol. The van der Waals surface area contributed by atoms with Gasteiger partial charge in [-0.05, 0) is 69.7 Å². The third-order valence-corrected chi connectivity index (χ3v) is 5.95. The molecule has 3 rings (SSSR count). The fourth-order valence-electron chi connectivity index (χ4n) is 2.44. The summed E-state index contributed by atoms with van der Waals surface area (Å²) in [5.41, 5.74) is 2.24. The van der Waals surface area contributed by atoms with Gasteiger partial charge < -0.3 is 4.90 Å². The van der Waals surface area contributed by atoms with Gasteiger partial charge in [0.15, 0.2) is 0 Å². The van der Waals surface area contributed by atoms with Crippen LogP contribution in [0.4, 0.5) is 16.2 Å². The molecule has 0 N–H and O–H groups in total. The van der Waals surface area contributed by atoms with Crippen LogP contribution >= 0.6 is 50.9 Å². The van der Waals surface area contributed by atoms with E-state index in [4.69, 9.17) is 23.2 Å². The summed E-state index contributed by atoms with van der Waals surface area (Å²) in [7, 11) is 3.89. The zero-order valence-electron chi connectivity index (χ0n) is 13.8. The third kappa shape index (κ3) is 3.78. The normalized spacial score (nSPS) is 15.9. The van der Waals surface area contributed by atoms with Crippen LogP contribution in [-0.2, 0) is 4.79 Å². The minimum absolute atomic E-state index is 0.287. The smallest absolute Gasteiger partial charge is 0.298 e. The number of thioether (sulfide) groups is 1. The number of carbonyl (C=O) groups is 2. The molecule has 4 nitrogen and oxygen atoms in total. The molecular weight excluding hydrogens is 459 g/mol. The Labute approximate surface area is 173 Å². The van der Waals surface area contributed by atoms with E-state index in [9.17, 15) is 9.59 Å². The van der Waals surface area contributed by atoms with Gasteiger partial charge in [0.1, 0.15) is 0 Å². The summed E-state index contributed by atoms with van der Waals surface area (Å²) < 4.78 is 0.903. The van der Waals surface area contributed by atoms with Gasteiger partial charge in [-0.2, -0.15) is 0 Å². The molecule has 2 aromatic carbocycles. The fourth-order valence-corrected chi connectivity index (χ4v) is 4.33. The molecule has 0 bridgehead atoms. The molecule has 0 aliphatic carbocycles. The quantitative estimate of drug-likeness (QED) is 0.510. The number of carbonyl (C=O) groups excluding carboxylic acids is 2. The van der Waals surface area contributed by atoms with E-state index in [-0.39, 0.29) is 16.2 Å². The summed E-state index contributed by atoms with van der Waals surface area (Å²) in [6.45, 7) is 0. The average Bonchev–Trinajstić information content (AvgIpc) is 2.84. The lowest BCUT2D eigenvalue weighted by molar-refractivity contribution is -0.113. The molecule has 2 aromatic rings. The van der Waals surface area contributed by atoms with Crippen molar-refractivity contribution in [2.75, 3.05) is 23.9 Å². The first-order valence-electron chi connectivity index (χ1n) is 7.48. The van der Waals surface area contributed by atoms with Crippen LogP contribution in [0.3, 0.4) is 0 Å². The van der Waals surface area contributed by atoms with E-state index in [1.54, 1.807) is 18.2 Å². The maximum absolute atomic E-state index is 12.7. The number of benzene rings is 2. The van der Waals surface area contributed by atoms with Crippen molar-refractivity contribution in [2.45, 2.75) is 0 Å². The summed E-state index contributed by atoms with van der Waals surface area (Å²) in [4.78, 5) is 28.5. The van der Waals surface area contributed by atoms with E-state index in [1.807, 2.05) is 37.2 Å². The van der Waals surface area contributed by atoms with Crippen LogP contribution in [0.1, 0.15) is 5.56 Å². The molecule has 2 amide bonds. The first-order chi connectivity index (χ1) is 12.3. The van der Waals surface area contributed by atoms with E-state index in [0.717, 1.165) is 32.4 Å². The van der Waals surface area contributed by atoms with Crippen LogP contribution in [0.5, 0.6) is 0 Å². The predicted octanol–water partition coefficient (Wildman–Crippen LogP) is 6.06. The van der Waals surface area contributed by atoms with Crippen molar-refractivity contribution in [3.63, 3.8) is 0 Å². The van der Waals surface area contributed by atoms with Crippen molar-refractivity contribution >= 4 is 79.5 Å². The Hall–Kier alpha value is -1.47. The highest BCUT2D eigenvalue weighted by Crippen LogP contribution is 2.38. The SMILES string of the molecule is CN(C)c1ccc(/C=C2/SC(=O)N(c3ccc(Cl)c(Cl)c3)C2=O)cc1Br. The standard InChI is InChI=1S/C18H13BrCl2N2O2S/c1-22(2)15-6-3-10(7-12(15)19)8-16-17(24)23(18(25)26-16)11-4-5-13(20)14(21)9-11/h3-9H,1-2H3/b16-8+. The van der Waals surface area contributed by atoms with Crippen molar-refractivity contribution < 1.29 is 9.59 Å². The number of halogens is 3. The molecule has 0 unspecified atom stereocenters. The molecule has 8 heteroatoms. The van der Waals surface area contributed by atoms with Gasteiger partial charge in [0.2, 0.25) is 0 Å². The Morgan fingerprint density at radius 1 is 1.08 bits per heavy atom. The highest BCUT2D eigenvalue weighted by Gasteiger charge is 2.36. The molecule has 1 heterocycles. The van der Waals surface area contributed by atoms with Crippen LogP contribution in [-0.4, -0.2) is 25.2 Å². The number of amides is 2. The lowest BCUT2D eigenvalue weighted by Crippen LogP contribution is -2.27. The van der Waals surface area contributed by atoms with Gasteiger partial charge in [0.25, 0.3) is 11.1 Å². The summed E-state index contributed by atoms with van der Waals surface area (Å²) >= 11 is 16.3. The maximum atomic E-state index is 12.7. The van der Waals surface area contributed by atoms with Crippen molar-refractivity contribution in [1.29, 1.82) is 0 Å². The summed E-state index contributed by atoms with van der Waals surface area (Å²) in [6.07, 6.45) is 1.70. The number of rotatable bonds is 3. The molecule has 26 heavy (non-hydrogen) atoms. The summed E-state index contributed by atoms with van der Waals surface area (Å²) in [6, 6.07) is 10.4. The zero-order chi connectivity index (χ0) is 19.0. The maximum Gasteiger partial charge on any atom is 0.298 e. The second kappa shape index (κ2) is 7.64. The van der Waals surface area contributed by atoms with Gasteiger partial charge in [-0.15, -0.1) is 0 Å². The highest BCUT2D eigenvalue weighted by atomic mass is 79.9. The van der Waals surface area contributed by atoms with Gasteiger partial charge >= 0.3 is 0 Å². The number of anilines is 2. The minimum atomic E-state index is -0.383. The van der Waals surface area contributed by atoms with Gasteiger partial charge in [-0.1, -0.05) is 29.3 Å². The van der Waals surface area contributed by atoms with E-state index < -0.39 is 0 Å². The van der Waals surface area contributed by atoms with Gasteiger partial charge in [0, 0.05) is 18.6 Å². The molecule has 0 atom stereocenters. The monoisotopic (exact) mass is 470 g/mol. The molecule has 0 spiro atoms. The Morgan fingerprint density at radius 2 is 1.81 bits per heavy atom. The molecule has 1 aliphatic rings. The minimum Gasteiger partial charge on any atom is -0.377 e. The van der Waals surface area contributed by atoms with Crippen molar-refractivity contribution in [3.05, 3.63) is 61.4 Å². The van der Waals surface area contributed by atoms with Crippen LogP contribution in [0.15, 0.2) is 45.8 Å². The third-order valence-electron chi connectivity index (χ3n) is 3.71. The van der Waals surface area contributed by atoms with Gasteiger partial charge in [-0.25, -0.2) is 4.90 Å². The summed E-state index contributed by atoms with van der Waals surface area (Å²) in [5.74, 6) is -0.383. The first kappa shape index (κ1) is 19.3. The van der Waals surface area contributed by atoms with E-state index in [0.29, 0.717) is 15.6 Å². The average molecular weight is 472 g/mol. The van der Waals surface area contributed by atoms with Gasteiger partial charge in [0.05, 0.1) is 26.3 Å². The van der Waals surface area contributed by atoms with Crippen molar-refractivity contribution in [2.24, 2.45) is 0 Å². The summed E-state index contributed by atoms with van der Waals surface area (Å²) in [5, 5.41) is 0.280. The van der Waals surface area contributed by atoms with Crippen molar-refractivity contribution in [1.82, 2.24) is 0 Å². The van der Waals surface area contributed by atoms with E-state index >= 15 is 0 Å². The molecular formula is C18H13BrCl2N2O2S. The fraction of sp³-hybridized carbons (Fsp3) is 0.111. The zero-order valence-corrected chi connectivity index (χ0v) is 17.7. The Bertz CT molecular complexity index is 947. The Balaban J connectivity index is 1.92. The Morgan fingerprint density at radius 3 is 2.42 bits per heavy atom. The molecule has 1 saturated heterocycles. The molecule has 0 aromatic heterocycles. The molecule has 1 aliphatic heterocycles. The lowest BCUT2D eigenvalue weighted by atomic mass is 10.2. The number of imide groups is 1. The van der Waals surface area contributed by atoms with E-state index in [2.05, 4.69) is 15.9 Å². The van der Waals surface area contributed by atoms with E-state index in [1.165, 1.54) is 6.07 Å². The number of hydrogen-bond acceptors (Lipinski definition) is 4. The lowest BCUT2D eigenvalue weighted by Gasteiger charge is -2.15. The van der Waals surface area contributed by atoms with Crippen molar-refractivity contribution in [3.8, 4) is 0 Å². The topological polar surface area (TPSA) is 40.6 Å².